The van der Waals surface area contributed by atoms with Crippen molar-refractivity contribution in [2.75, 3.05) is 11.9 Å². The molecule has 0 radical (unpaired) electrons. The molecular formula is C29H24N4O7S2. The van der Waals surface area contributed by atoms with Gasteiger partial charge in [-0.1, -0.05) is 24.3 Å². The van der Waals surface area contributed by atoms with Crippen molar-refractivity contribution in [3.8, 4) is 29.0 Å². The monoisotopic (exact) mass is 604 g/mol. The second-order valence-electron chi connectivity index (χ2n) is 8.69. The van der Waals surface area contributed by atoms with Gasteiger partial charge >= 0.3 is 6.01 Å². The molecule has 0 aliphatic carbocycles. The standard InChI is InChI=1S/C29H24N4O7S2/c1-2-30-28-31-19-32-29(33-28)40-27-25(9-6-10-26(27)42(37,38)22-7-4-3-5-8-22)39-21-13-17-24(18-14-21)41(35,36)23-15-11-20(34)12-16-23/h3-19,34H,2H2,1H3,(H,30,31,32,33). The van der Waals surface area contributed by atoms with E-state index in [1.807, 2.05) is 6.92 Å². The van der Waals surface area contributed by atoms with Crippen LogP contribution >= 0.6 is 0 Å². The topological polar surface area (TPSA) is 158 Å². The molecular weight excluding hydrogens is 580 g/mol. The molecule has 1 heterocycles. The maximum atomic E-state index is 13.6. The lowest BCUT2D eigenvalue weighted by molar-refractivity contribution is 0.387. The lowest BCUT2D eigenvalue weighted by Gasteiger charge is -2.16. The summed E-state index contributed by atoms with van der Waals surface area (Å²) in [6, 6.07) is 22.8. The van der Waals surface area contributed by atoms with Crippen molar-refractivity contribution >= 4 is 25.6 Å². The van der Waals surface area contributed by atoms with Crippen LogP contribution in [-0.4, -0.2) is 43.4 Å². The lowest BCUT2D eigenvalue weighted by Crippen LogP contribution is -2.07. The Hall–Kier alpha value is -5.01. The van der Waals surface area contributed by atoms with Crippen molar-refractivity contribution in [1.29, 1.82) is 0 Å². The average Bonchev–Trinajstić information content (AvgIpc) is 2.99. The van der Waals surface area contributed by atoms with Crippen LogP contribution < -0.4 is 14.8 Å². The molecule has 0 aliphatic heterocycles. The fourth-order valence-electron chi connectivity index (χ4n) is 3.86. The SMILES string of the molecule is CCNc1ncnc(Oc2c(Oc3ccc(S(=O)(=O)c4ccc(O)cc4)cc3)cccc2S(=O)(=O)c2ccccc2)n1. The summed E-state index contributed by atoms with van der Waals surface area (Å²) in [4.78, 5) is 12.1. The summed E-state index contributed by atoms with van der Waals surface area (Å²) in [5.74, 6) is 0.242. The first kappa shape index (κ1) is 28.5. The second kappa shape index (κ2) is 11.8. The van der Waals surface area contributed by atoms with Gasteiger partial charge in [0, 0.05) is 6.54 Å². The normalized spacial score (nSPS) is 11.5. The van der Waals surface area contributed by atoms with Gasteiger partial charge in [-0.15, -0.1) is 0 Å². The molecule has 5 rings (SSSR count). The third-order valence-corrected chi connectivity index (χ3v) is 9.45. The van der Waals surface area contributed by atoms with E-state index < -0.39 is 19.7 Å². The van der Waals surface area contributed by atoms with Gasteiger partial charge < -0.3 is 19.9 Å². The van der Waals surface area contributed by atoms with E-state index in [-0.39, 0.29) is 54.5 Å². The quantitative estimate of drug-likeness (QED) is 0.214. The Balaban J connectivity index is 1.53. The summed E-state index contributed by atoms with van der Waals surface area (Å²) in [6.07, 6.45) is 1.22. The highest BCUT2D eigenvalue weighted by Crippen LogP contribution is 2.41. The summed E-state index contributed by atoms with van der Waals surface area (Å²) in [5.41, 5.74) is 0. The smallest absolute Gasteiger partial charge is 0.326 e. The number of phenolic OH excluding ortho intramolecular Hbond substituents is 1. The second-order valence-corrected chi connectivity index (χ2v) is 12.6. The van der Waals surface area contributed by atoms with E-state index in [4.69, 9.17) is 9.47 Å². The number of sulfone groups is 2. The minimum Gasteiger partial charge on any atom is -0.508 e. The number of phenols is 1. The first-order valence-electron chi connectivity index (χ1n) is 12.5. The van der Waals surface area contributed by atoms with Crippen LogP contribution in [0.3, 0.4) is 0 Å². The van der Waals surface area contributed by atoms with Gasteiger partial charge in [-0.2, -0.15) is 9.97 Å². The molecule has 11 nitrogen and oxygen atoms in total. The minimum atomic E-state index is -4.07. The van der Waals surface area contributed by atoms with Gasteiger partial charge in [0.2, 0.25) is 25.6 Å². The average molecular weight is 605 g/mol. The zero-order chi connectivity index (χ0) is 29.7. The van der Waals surface area contributed by atoms with Crippen molar-refractivity contribution < 1.29 is 31.4 Å². The van der Waals surface area contributed by atoms with Gasteiger partial charge in [-0.3, -0.25) is 0 Å². The molecule has 1 aromatic heterocycles. The zero-order valence-electron chi connectivity index (χ0n) is 22.1. The molecule has 0 saturated carbocycles. The van der Waals surface area contributed by atoms with Crippen molar-refractivity contribution in [2.45, 2.75) is 26.5 Å². The molecule has 0 saturated heterocycles. The van der Waals surface area contributed by atoms with Crippen molar-refractivity contribution in [1.82, 2.24) is 15.0 Å². The van der Waals surface area contributed by atoms with Crippen molar-refractivity contribution in [3.05, 3.63) is 103 Å². The molecule has 13 heteroatoms. The van der Waals surface area contributed by atoms with Crippen LogP contribution in [0.2, 0.25) is 0 Å². The van der Waals surface area contributed by atoms with Crippen molar-refractivity contribution in [2.24, 2.45) is 0 Å². The fraction of sp³-hybridized carbons (Fsp3) is 0.0690. The Morgan fingerprint density at radius 1 is 0.714 bits per heavy atom. The Bertz CT molecular complexity index is 1920. The maximum Gasteiger partial charge on any atom is 0.326 e. The van der Waals surface area contributed by atoms with E-state index in [1.165, 1.54) is 85.2 Å². The first-order chi connectivity index (χ1) is 20.2. The van der Waals surface area contributed by atoms with E-state index in [0.717, 1.165) is 0 Å². The summed E-state index contributed by atoms with van der Waals surface area (Å²) in [5, 5.41) is 12.4. The number of aromatic nitrogens is 3. The van der Waals surface area contributed by atoms with Crippen LogP contribution in [-0.2, 0) is 19.7 Å². The fourth-order valence-corrected chi connectivity index (χ4v) is 6.53. The lowest BCUT2D eigenvalue weighted by atomic mass is 10.3. The van der Waals surface area contributed by atoms with Crippen molar-refractivity contribution in [3.63, 3.8) is 0 Å². The molecule has 42 heavy (non-hydrogen) atoms. The number of anilines is 1. The predicted octanol–water partition coefficient (Wildman–Crippen LogP) is 5.26. The van der Waals surface area contributed by atoms with Crippen LogP contribution in [0, 0.1) is 0 Å². The zero-order valence-corrected chi connectivity index (χ0v) is 23.7. The molecule has 0 spiro atoms. The number of hydrogen-bond donors (Lipinski definition) is 2. The predicted molar refractivity (Wildman–Crippen MR) is 152 cm³/mol. The number of nitrogens with zero attached hydrogens (tertiary/aromatic N) is 3. The molecule has 0 amide bonds. The number of nitrogens with one attached hydrogen (secondary N) is 1. The van der Waals surface area contributed by atoms with Gasteiger partial charge in [0.1, 0.15) is 22.7 Å². The van der Waals surface area contributed by atoms with Gasteiger partial charge in [0.05, 0.1) is 14.7 Å². The molecule has 2 N–H and O–H groups in total. The summed E-state index contributed by atoms with van der Waals surface area (Å²) in [7, 11) is -7.93. The number of rotatable bonds is 10. The number of aromatic hydroxyl groups is 1. The highest BCUT2D eigenvalue weighted by molar-refractivity contribution is 7.91. The number of para-hydroxylation sites is 1. The molecule has 5 aromatic rings. The molecule has 4 aromatic carbocycles. The van der Waals surface area contributed by atoms with E-state index in [9.17, 15) is 21.9 Å². The van der Waals surface area contributed by atoms with Gasteiger partial charge in [0.15, 0.2) is 11.5 Å². The van der Waals surface area contributed by atoms with E-state index in [2.05, 4.69) is 20.3 Å². The van der Waals surface area contributed by atoms with E-state index >= 15 is 0 Å². The largest absolute Gasteiger partial charge is 0.508 e. The highest BCUT2D eigenvalue weighted by atomic mass is 32.2. The third kappa shape index (κ3) is 6.01. The minimum absolute atomic E-state index is 0.00133. The molecule has 214 valence electrons. The maximum absolute atomic E-state index is 13.6. The Morgan fingerprint density at radius 3 is 2.02 bits per heavy atom. The number of ether oxygens (including phenoxy) is 2. The van der Waals surface area contributed by atoms with Crippen LogP contribution in [0.4, 0.5) is 5.95 Å². The third-order valence-electron chi connectivity index (χ3n) is 5.87. The first-order valence-corrected chi connectivity index (χ1v) is 15.5. The number of benzene rings is 4. The van der Waals surface area contributed by atoms with Gasteiger partial charge in [-0.05, 0) is 79.7 Å². The van der Waals surface area contributed by atoms with Crippen LogP contribution in [0.5, 0.6) is 29.0 Å². The Morgan fingerprint density at radius 2 is 1.36 bits per heavy atom. The summed E-state index contributed by atoms with van der Waals surface area (Å²) < 4.78 is 65.2. The number of hydrogen-bond acceptors (Lipinski definition) is 11. The highest BCUT2D eigenvalue weighted by Gasteiger charge is 2.27. The van der Waals surface area contributed by atoms with Crippen LogP contribution in [0.25, 0.3) is 0 Å². The molecule has 0 fully saturated rings. The van der Waals surface area contributed by atoms with Gasteiger partial charge in [-0.25, -0.2) is 21.8 Å². The molecule has 0 bridgehead atoms. The summed E-state index contributed by atoms with van der Waals surface area (Å²) in [6.45, 7) is 2.40. The molecule has 0 unspecified atom stereocenters. The molecule has 0 aliphatic rings. The molecule has 0 atom stereocenters. The van der Waals surface area contributed by atoms with E-state index in [0.29, 0.717) is 6.54 Å². The Labute approximate surface area is 242 Å². The Kier molecular flexibility index (Phi) is 8.04. The van der Waals surface area contributed by atoms with Crippen LogP contribution in [0.1, 0.15) is 6.92 Å². The van der Waals surface area contributed by atoms with E-state index in [1.54, 1.807) is 18.2 Å². The van der Waals surface area contributed by atoms with Crippen LogP contribution in [0.15, 0.2) is 123 Å². The van der Waals surface area contributed by atoms with Gasteiger partial charge in [0.25, 0.3) is 0 Å². The summed E-state index contributed by atoms with van der Waals surface area (Å²) >= 11 is 0.